The number of halogens is 2. The number of anilines is 1. The van der Waals surface area contributed by atoms with Gasteiger partial charge in [0.1, 0.15) is 11.6 Å². The fraction of sp³-hybridized carbons (Fsp3) is 0.176. The van der Waals surface area contributed by atoms with Crippen molar-refractivity contribution in [2.75, 3.05) is 25.6 Å². The lowest BCUT2D eigenvalue weighted by molar-refractivity contribution is 0.0938. The van der Waals surface area contributed by atoms with Gasteiger partial charge in [0.15, 0.2) is 0 Å². The summed E-state index contributed by atoms with van der Waals surface area (Å²) in [5.74, 6) is -2.82. The van der Waals surface area contributed by atoms with Crippen molar-refractivity contribution in [1.82, 2.24) is 5.32 Å². The van der Waals surface area contributed by atoms with Crippen LogP contribution in [-0.4, -0.2) is 32.1 Å². The SMILES string of the molecule is COCCNC(=O)c1ccccc1NC(=O)c1cc(F)cc(F)c1. The quantitative estimate of drug-likeness (QED) is 0.798. The van der Waals surface area contributed by atoms with E-state index in [9.17, 15) is 18.4 Å². The Morgan fingerprint density at radius 3 is 2.38 bits per heavy atom. The minimum absolute atomic E-state index is 0.179. The maximum absolute atomic E-state index is 13.2. The molecule has 0 saturated heterocycles. The molecule has 0 aliphatic carbocycles. The molecule has 5 nitrogen and oxygen atoms in total. The van der Waals surface area contributed by atoms with Gasteiger partial charge in [-0.2, -0.15) is 0 Å². The number of hydrogen-bond donors (Lipinski definition) is 2. The summed E-state index contributed by atoms with van der Waals surface area (Å²) >= 11 is 0. The van der Waals surface area contributed by atoms with Crippen LogP contribution in [-0.2, 0) is 4.74 Å². The summed E-state index contributed by atoms with van der Waals surface area (Å²) in [4.78, 5) is 24.3. The molecule has 0 aromatic heterocycles. The smallest absolute Gasteiger partial charge is 0.255 e. The molecule has 0 heterocycles. The third kappa shape index (κ3) is 4.60. The summed E-state index contributed by atoms with van der Waals surface area (Å²) in [6.45, 7) is 0.662. The van der Waals surface area contributed by atoms with Gasteiger partial charge in [0.05, 0.1) is 17.9 Å². The molecule has 0 atom stereocenters. The summed E-state index contributed by atoms with van der Waals surface area (Å²) in [7, 11) is 1.51. The maximum atomic E-state index is 13.2. The van der Waals surface area contributed by atoms with E-state index in [1.54, 1.807) is 12.1 Å². The molecule has 0 saturated carbocycles. The number of benzene rings is 2. The molecule has 0 radical (unpaired) electrons. The minimum atomic E-state index is -0.856. The van der Waals surface area contributed by atoms with Crippen molar-refractivity contribution >= 4 is 17.5 Å². The molecule has 2 aromatic carbocycles. The van der Waals surface area contributed by atoms with Crippen LogP contribution in [0.2, 0.25) is 0 Å². The molecular weight excluding hydrogens is 318 g/mol. The highest BCUT2D eigenvalue weighted by Gasteiger charge is 2.15. The lowest BCUT2D eigenvalue weighted by Gasteiger charge is -2.11. The number of hydrogen-bond acceptors (Lipinski definition) is 3. The van der Waals surface area contributed by atoms with Gasteiger partial charge in [0, 0.05) is 25.3 Å². The Bertz CT molecular complexity index is 730. The molecular formula is C17H16F2N2O3. The van der Waals surface area contributed by atoms with Crippen LogP contribution in [0.1, 0.15) is 20.7 Å². The number of methoxy groups -OCH3 is 1. The average molecular weight is 334 g/mol. The molecule has 0 aliphatic rings. The summed E-state index contributed by atoms with van der Waals surface area (Å²) in [5, 5.41) is 5.12. The highest BCUT2D eigenvalue weighted by atomic mass is 19.1. The Morgan fingerprint density at radius 2 is 1.71 bits per heavy atom. The minimum Gasteiger partial charge on any atom is -0.383 e. The van der Waals surface area contributed by atoms with Gasteiger partial charge in [-0.15, -0.1) is 0 Å². The highest BCUT2D eigenvalue weighted by Crippen LogP contribution is 2.17. The Hall–Kier alpha value is -2.80. The molecule has 0 unspecified atom stereocenters. The predicted octanol–water partition coefficient (Wildman–Crippen LogP) is 2.59. The Morgan fingerprint density at radius 1 is 1.04 bits per heavy atom. The second-order valence-electron chi connectivity index (χ2n) is 4.91. The van der Waals surface area contributed by atoms with Gasteiger partial charge >= 0.3 is 0 Å². The monoisotopic (exact) mass is 334 g/mol. The number of ether oxygens (including phenoxy) is 1. The van der Waals surface area contributed by atoms with Crippen LogP contribution >= 0.6 is 0 Å². The molecule has 0 bridgehead atoms. The molecule has 2 aromatic rings. The second kappa shape index (κ2) is 8.16. The first kappa shape index (κ1) is 17.6. The van der Waals surface area contributed by atoms with Gasteiger partial charge < -0.3 is 15.4 Å². The van der Waals surface area contributed by atoms with Crippen molar-refractivity contribution < 1.29 is 23.1 Å². The van der Waals surface area contributed by atoms with Crippen molar-refractivity contribution in [1.29, 1.82) is 0 Å². The third-order valence-corrected chi connectivity index (χ3v) is 3.14. The lowest BCUT2D eigenvalue weighted by Crippen LogP contribution is -2.28. The predicted molar refractivity (Wildman–Crippen MR) is 85.0 cm³/mol. The fourth-order valence-corrected chi connectivity index (χ4v) is 2.03. The van der Waals surface area contributed by atoms with Gasteiger partial charge in [-0.1, -0.05) is 12.1 Å². The molecule has 24 heavy (non-hydrogen) atoms. The van der Waals surface area contributed by atoms with Crippen molar-refractivity contribution in [3.63, 3.8) is 0 Å². The topological polar surface area (TPSA) is 67.4 Å². The fourth-order valence-electron chi connectivity index (χ4n) is 2.03. The molecule has 126 valence electrons. The van der Waals surface area contributed by atoms with E-state index < -0.39 is 23.4 Å². The normalized spacial score (nSPS) is 10.3. The van der Waals surface area contributed by atoms with Crippen LogP contribution in [0.25, 0.3) is 0 Å². The van der Waals surface area contributed by atoms with Gasteiger partial charge in [-0.25, -0.2) is 8.78 Å². The van der Waals surface area contributed by atoms with E-state index in [1.807, 2.05) is 0 Å². The third-order valence-electron chi connectivity index (χ3n) is 3.14. The average Bonchev–Trinajstić information content (AvgIpc) is 2.54. The van der Waals surface area contributed by atoms with Gasteiger partial charge in [0.25, 0.3) is 11.8 Å². The number of rotatable bonds is 6. The van der Waals surface area contributed by atoms with Gasteiger partial charge in [0.2, 0.25) is 0 Å². The Balaban J connectivity index is 2.17. The zero-order valence-electron chi connectivity index (χ0n) is 12.9. The van der Waals surface area contributed by atoms with Gasteiger partial charge in [-0.3, -0.25) is 9.59 Å². The van der Waals surface area contributed by atoms with E-state index in [4.69, 9.17) is 4.74 Å². The van der Waals surface area contributed by atoms with E-state index in [-0.39, 0.29) is 16.8 Å². The van der Waals surface area contributed by atoms with E-state index in [0.29, 0.717) is 19.2 Å². The summed E-state index contributed by atoms with van der Waals surface area (Å²) in [6, 6.07) is 8.84. The molecule has 0 spiro atoms. The number of carbonyl (C=O) groups is 2. The van der Waals surface area contributed by atoms with E-state index >= 15 is 0 Å². The number of nitrogens with one attached hydrogen (secondary N) is 2. The number of carbonyl (C=O) groups excluding carboxylic acids is 2. The van der Waals surface area contributed by atoms with Crippen LogP contribution < -0.4 is 10.6 Å². The van der Waals surface area contributed by atoms with E-state index in [0.717, 1.165) is 12.1 Å². The highest BCUT2D eigenvalue weighted by molar-refractivity contribution is 6.09. The Labute approximate surface area is 137 Å². The largest absolute Gasteiger partial charge is 0.383 e. The summed E-state index contributed by atoms with van der Waals surface area (Å²) in [6.07, 6.45) is 0. The maximum Gasteiger partial charge on any atom is 0.255 e. The molecule has 0 fully saturated rings. The second-order valence-corrected chi connectivity index (χ2v) is 4.91. The Kier molecular flexibility index (Phi) is 5.97. The van der Waals surface area contributed by atoms with Crippen LogP contribution in [0, 0.1) is 11.6 Å². The molecule has 2 amide bonds. The van der Waals surface area contributed by atoms with Crippen molar-refractivity contribution in [3.05, 3.63) is 65.2 Å². The first-order valence-electron chi connectivity index (χ1n) is 7.15. The standard InChI is InChI=1S/C17H16F2N2O3/c1-24-7-6-20-17(23)14-4-2-3-5-15(14)21-16(22)11-8-12(18)10-13(19)9-11/h2-5,8-10H,6-7H2,1H3,(H,20,23)(H,21,22). The number of para-hydroxylation sites is 1. The molecule has 0 aliphatic heterocycles. The summed E-state index contributed by atoms with van der Waals surface area (Å²) in [5.41, 5.74) is 0.294. The lowest BCUT2D eigenvalue weighted by atomic mass is 10.1. The number of amides is 2. The van der Waals surface area contributed by atoms with Crippen molar-refractivity contribution in [2.24, 2.45) is 0 Å². The van der Waals surface area contributed by atoms with Crippen molar-refractivity contribution in [2.45, 2.75) is 0 Å². The molecule has 2 N–H and O–H groups in total. The first-order chi connectivity index (χ1) is 11.5. The van der Waals surface area contributed by atoms with Crippen LogP contribution in [0.15, 0.2) is 42.5 Å². The van der Waals surface area contributed by atoms with Crippen LogP contribution in [0.3, 0.4) is 0 Å². The zero-order chi connectivity index (χ0) is 17.5. The van der Waals surface area contributed by atoms with Crippen LogP contribution in [0.5, 0.6) is 0 Å². The molecule has 2 rings (SSSR count). The van der Waals surface area contributed by atoms with E-state index in [2.05, 4.69) is 10.6 Å². The van der Waals surface area contributed by atoms with Crippen LogP contribution in [0.4, 0.5) is 14.5 Å². The van der Waals surface area contributed by atoms with Crippen molar-refractivity contribution in [3.8, 4) is 0 Å². The van der Waals surface area contributed by atoms with E-state index in [1.165, 1.54) is 19.2 Å². The molecule has 7 heteroatoms. The van der Waals surface area contributed by atoms with Gasteiger partial charge in [-0.05, 0) is 24.3 Å². The first-order valence-corrected chi connectivity index (χ1v) is 7.15. The summed E-state index contributed by atoms with van der Waals surface area (Å²) < 4.78 is 31.3. The zero-order valence-corrected chi connectivity index (χ0v) is 12.9.